The summed E-state index contributed by atoms with van der Waals surface area (Å²) in [5, 5.41) is 0. The molecule has 0 spiro atoms. The molecule has 0 radical (unpaired) electrons. The zero-order chi connectivity index (χ0) is 11.7. The Morgan fingerprint density at radius 1 is 1.24 bits per heavy atom. The molecular weight excluding hydrogens is 216 g/mol. The monoisotopic (exact) mass is 226 g/mol. The van der Waals surface area contributed by atoms with Gasteiger partial charge in [-0.15, -0.1) is 0 Å². The van der Waals surface area contributed by atoms with Gasteiger partial charge in [0.25, 0.3) is 0 Å². The fourth-order valence-corrected chi connectivity index (χ4v) is 1.97. The molecule has 1 aromatic carbocycles. The molecule has 2 aromatic rings. The highest BCUT2D eigenvalue weighted by molar-refractivity contribution is 6.10. The van der Waals surface area contributed by atoms with Gasteiger partial charge in [0.05, 0.1) is 17.7 Å². The molecular formula is C13H10N2O2. The molecule has 2 heterocycles. The fourth-order valence-electron chi connectivity index (χ4n) is 1.97. The molecule has 4 nitrogen and oxygen atoms in total. The standard InChI is InChI=1S/C13H10N2O2/c16-12(10-6-14-8-15-7-10)11-3-1-2-9-4-5-17-13(9)11/h1-3,6-8H,4-5H2. The smallest absolute Gasteiger partial charge is 0.199 e. The van der Waals surface area contributed by atoms with Crippen LogP contribution in [0.15, 0.2) is 36.9 Å². The maximum absolute atomic E-state index is 12.2. The average Bonchev–Trinajstić information content (AvgIpc) is 2.87. The number of ether oxygens (including phenoxy) is 1. The Labute approximate surface area is 98.3 Å². The van der Waals surface area contributed by atoms with E-state index in [-0.39, 0.29) is 5.78 Å². The molecule has 0 amide bonds. The molecule has 84 valence electrons. The van der Waals surface area contributed by atoms with Crippen LogP contribution in [0.1, 0.15) is 21.5 Å². The van der Waals surface area contributed by atoms with E-state index in [9.17, 15) is 4.79 Å². The number of nitrogens with zero attached hydrogens (tertiary/aromatic N) is 2. The molecule has 0 unspecified atom stereocenters. The van der Waals surface area contributed by atoms with Gasteiger partial charge in [-0.1, -0.05) is 12.1 Å². The van der Waals surface area contributed by atoms with Gasteiger partial charge in [0.2, 0.25) is 0 Å². The van der Waals surface area contributed by atoms with E-state index in [0.717, 1.165) is 12.0 Å². The van der Waals surface area contributed by atoms with Crippen LogP contribution in [-0.2, 0) is 6.42 Å². The first-order valence-electron chi connectivity index (χ1n) is 5.40. The van der Waals surface area contributed by atoms with Gasteiger partial charge >= 0.3 is 0 Å². The van der Waals surface area contributed by atoms with Gasteiger partial charge in [-0.25, -0.2) is 9.97 Å². The van der Waals surface area contributed by atoms with Gasteiger partial charge in [0, 0.05) is 18.8 Å². The van der Waals surface area contributed by atoms with E-state index >= 15 is 0 Å². The van der Waals surface area contributed by atoms with Gasteiger partial charge in [-0.2, -0.15) is 0 Å². The van der Waals surface area contributed by atoms with Crippen LogP contribution in [-0.4, -0.2) is 22.4 Å². The summed E-state index contributed by atoms with van der Waals surface area (Å²) in [7, 11) is 0. The minimum Gasteiger partial charge on any atom is -0.492 e. The third kappa shape index (κ3) is 1.67. The van der Waals surface area contributed by atoms with E-state index in [2.05, 4.69) is 9.97 Å². The van der Waals surface area contributed by atoms with Crippen LogP contribution in [0.5, 0.6) is 5.75 Å². The highest BCUT2D eigenvalue weighted by Gasteiger charge is 2.21. The number of hydrogen-bond donors (Lipinski definition) is 0. The van der Waals surface area contributed by atoms with E-state index < -0.39 is 0 Å². The Balaban J connectivity index is 2.06. The summed E-state index contributed by atoms with van der Waals surface area (Å²) >= 11 is 0. The van der Waals surface area contributed by atoms with Gasteiger partial charge in [-0.05, 0) is 11.6 Å². The number of carbonyl (C=O) groups excluding carboxylic acids is 1. The van der Waals surface area contributed by atoms with Crippen LogP contribution in [0, 0.1) is 0 Å². The van der Waals surface area contributed by atoms with Gasteiger partial charge in [0.1, 0.15) is 12.1 Å². The van der Waals surface area contributed by atoms with Crippen LogP contribution >= 0.6 is 0 Å². The molecule has 0 atom stereocenters. The third-order valence-corrected chi connectivity index (χ3v) is 2.78. The molecule has 3 rings (SSSR count). The SMILES string of the molecule is O=C(c1cncnc1)c1cccc2c1OCC2. The second-order valence-corrected chi connectivity index (χ2v) is 3.85. The molecule has 1 aromatic heterocycles. The lowest BCUT2D eigenvalue weighted by Crippen LogP contribution is -2.04. The summed E-state index contributed by atoms with van der Waals surface area (Å²) in [6, 6.07) is 5.64. The number of rotatable bonds is 2. The predicted octanol–water partition coefficient (Wildman–Crippen LogP) is 1.64. The third-order valence-electron chi connectivity index (χ3n) is 2.78. The highest BCUT2D eigenvalue weighted by atomic mass is 16.5. The summed E-state index contributed by atoms with van der Waals surface area (Å²) in [4.78, 5) is 20.0. The van der Waals surface area contributed by atoms with Crippen LogP contribution in [0.2, 0.25) is 0 Å². The van der Waals surface area contributed by atoms with Crippen molar-refractivity contribution in [2.45, 2.75) is 6.42 Å². The van der Waals surface area contributed by atoms with E-state index in [1.807, 2.05) is 12.1 Å². The minimum absolute atomic E-state index is 0.0932. The molecule has 1 aliphatic rings. The van der Waals surface area contributed by atoms with Crippen molar-refractivity contribution >= 4 is 5.78 Å². The molecule has 4 heteroatoms. The predicted molar refractivity (Wildman–Crippen MR) is 61.1 cm³/mol. The summed E-state index contributed by atoms with van der Waals surface area (Å²) < 4.78 is 5.51. The molecule has 0 aliphatic carbocycles. The summed E-state index contributed by atoms with van der Waals surface area (Å²) in [5.74, 6) is 0.616. The zero-order valence-electron chi connectivity index (χ0n) is 9.09. The van der Waals surface area contributed by atoms with Crippen molar-refractivity contribution in [3.05, 3.63) is 53.6 Å². The van der Waals surface area contributed by atoms with E-state index in [1.165, 1.54) is 18.7 Å². The van der Waals surface area contributed by atoms with Crippen LogP contribution in [0.25, 0.3) is 0 Å². The van der Waals surface area contributed by atoms with Crippen molar-refractivity contribution < 1.29 is 9.53 Å². The van der Waals surface area contributed by atoms with E-state index in [0.29, 0.717) is 23.5 Å². The van der Waals surface area contributed by atoms with Crippen molar-refractivity contribution in [2.24, 2.45) is 0 Å². The Hall–Kier alpha value is -2.23. The second kappa shape index (κ2) is 3.97. The number of para-hydroxylation sites is 1. The number of ketones is 1. The normalized spacial score (nSPS) is 12.9. The molecule has 0 saturated carbocycles. The first kappa shape index (κ1) is 9.96. The first-order chi connectivity index (χ1) is 8.36. The fraction of sp³-hybridized carbons (Fsp3) is 0.154. The topological polar surface area (TPSA) is 52.1 Å². The molecule has 0 fully saturated rings. The molecule has 17 heavy (non-hydrogen) atoms. The van der Waals surface area contributed by atoms with Gasteiger partial charge in [-0.3, -0.25) is 4.79 Å². The van der Waals surface area contributed by atoms with Crippen LogP contribution < -0.4 is 4.74 Å². The van der Waals surface area contributed by atoms with Gasteiger partial charge in [0.15, 0.2) is 5.78 Å². The second-order valence-electron chi connectivity index (χ2n) is 3.85. The number of fused-ring (bicyclic) bond motifs is 1. The Morgan fingerprint density at radius 3 is 2.88 bits per heavy atom. The number of hydrogen-bond acceptors (Lipinski definition) is 4. The number of benzene rings is 1. The first-order valence-corrected chi connectivity index (χ1v) is 5.40. The number of carbonyl (C=O) groups is 1. The molecule has 0 saturated heterocycles. The number of aromatic nitrogens is 2. The van der Waals surface area contributed by atoms with E-state index in [1.54, 1.807) is 6.07 Å². The lowest BCUT2D eigenvalue weighted by atomic mass is 10.0. The van der Waals surface area contributed by atoms with Gasteiger partial charge < -0.3 is 4.74 Å². The maximum Gasteiger partial charge on any atom is 0.199 e. The summed E-state index contributed by atoms with van der Waals surface area (Å²) in [5.41, 5.74) is 2.17. The van der Waals surface area contributed by atoms with Crippen molar-refractivity contribution in [1.82, 2.24) is 9.97 Å². The lowest BCUT2D eigenvalue weighted by molar-refractivity contribution is 0.103. The summed E-state index contributed by atoms with van der Waals surface area (Å²) in [6.07, 6.45) is 5.30. The lowest BCUT2D eigenvalue weighted by Gasteiger charge is -2.06. The molecule has 1 aliphatic heterocycles. The average molecular weight is 226 g/mol. The van der Waals surface area contributed by atoms with Crippen LogP contribution in [0.3, 0.4) is 0 Å². The Kier molecular flexibility index (Phi) is 2.33. The van der Waals surface area contributed by atoms with Crippen molar-refractivity contribution in [3.8, 4) is 5.75 Å². The Morgan fingerprint density at radius 2 is 2.06 bits per heavy atom. The highest BCUT2D eigenvalue weighted by Crippen LogP contribution is 2.30. The van der Waals surface area contributed by atoms with Crippen molar-refractivity contribution in [2.75, 3.05) is 6.61 Å². The van der Waals surface area contributed by atoms with Crippen molar-refractivity contribution in [1.29, 1.82) is 0 Å². The van der Waals surface area contributed by atoms with Crippen LogP contribution in [0.4, 0.5) is 0 Å². The largest absolute Gasteiger partial charge is 0.492 e. The van der Waals surface area contributed by atoms with E-state index in [4.69, 9.17) is 4.74 Å². The maximum atomic E-state index is 12.2. The quantitative estimate of drug-likeness (QED) is 0.730. The van der Waals surface area contributed by atoms with Crippen molar-refractivity contribution in [3.63, 3.8) is 0 Å². The molecule has 0 N–H and O–H groups in total. The Bertz CT molecular complexity index is 567. The zero-order valence-corrected chi connectivity index (χ0v) is 9.09. The molecule has 0 bridgehead atoms. The summed E-state index contributed by atoms with van der Waals surface area (Å²) in [6.45, 7) is 0.644. The minimum atomic E-state index is -0.0932.